The van der Waals surface area contributed by atoms with Crippen molar-refractivity contribution in [3.8, 4) is 0 Å². The summed E-state index contributed by atoms with van der Waals surface area (Å²) in [5, 5.41) is 8.87. The van der Waals surface area contributed by atoms with Crippen LogP contribution in [0.15, 0.2) is 48.6 Å². The molecular weight excluding hydrogens is 697 g/mol. The van der Waals surface area contributed by atoms with Crippen molar-refractivity contribution >= 4 is 25.7 Å². The second kappa shape index (κ2) is 36.4. The predicted octanol–water partition coefficient (Wildman–Crippen LogP) is 10.2. The monoisotopic (exact) mass is 769 g/mol. The van der Waals surface area contributed by atoms with E-state index < -0.39 is 51.1 Å². The molecule has 0 aromatic rings. The first-order valence-corrected chi connectivity index (χ1v) is 21.7. The molecule has 0 aromatic carbocycles. The van der Waals surface area contributed by atoms with E-state index in [1.165, 1.54) is 57.8 Å². The minimum Gasteiger partial charge on any atom is -0.480 e. The van der Waals surface area contributed by atoms with Crippen molar-refractivity contribution in [2.45, 2.75) is 174 Å². The Kier molecular flexibility index (Phi) is 34.7. The molecule has 0 aliphatic carbocycles. The number of nitrogens with two attached hydrogens (primary N) is 1. The third kappa shape index (κ3) is 36.2. The highest BCUT2D eigenvalue weighted by molar-refractivity contribution is 7.47. The van der Waals surface area contributed by atoms with Gasteiger partial charge in [0.2, 0.25) is 0 Å². The summed E-state index contributed by atoms with van der Waals surface area (Å²) in [6.07, 6.45) is 38.9. The van der Waals surface area contributed by atoms with E-state index in [1.54, 1.807) is 0 Å². The number of rotatable bonds is 37. The van der Waals surface area contributed by atoms with Crippen LogP contribution in [0.2, 0.25) is 0 Å². The van der Waals surface area contributed by atoms with E-state index in [0.29, 0.717) is 12.8 Å². The van der Waals surface area contributed by atoms with E-state index >= 15 is 0 Å². The van der Waals surface area contributed by atoms with Crippen molar-refractivity contribution in [2.24, 2.45) is 5.73 Å². The van der Waals surface area contributed by atoms with Gasteiger partial charge in [0.15, 0.2) is 6.10 Å². The molecule has 0 amide bonds. The number of phosphoric ester groups is 1. The number of esters is 2. The molecule has 0 radical (unpaired) electrons. The zero-order valence-corrected chi connectivity index (χ0v) is 33.7. The maximum Gasteiger partial charge on any atom is 0.472 e. The van der Waals surface area contributed by atoms with Gasteiger partial charge in [-0.15, -0.1) is 0 Å². The van der Waals surface area contributed by atoms with Crippen molar-refractivity contribution in [2.75, 3.05) is 19.8 Å². The number of aliphatic carboxylic acids is 1. The molecule has 4 N–H and O–H groups in total. The Labute approximate surface area is 320 Å². The SMILES string of the molecule is CCC/C=C/C/C=C/C/C=C/C/C=C/CCCCCC(=O)O[C@H](COC(=O)CCCCCCCCCCCCCC)COP(=O)(O)OC[C@H](N)C(=O)O. The topological polar surface area (TPSA) is 172 Å². The van der Waals surface area contributed by atoms with Crippen molar-refractivity contribution in [3.05, 3.63) is 48.6 Å². The van der Waals surface area contributed by atoms with Gasteiger partial charge in [0.1, 0.15) is 12.6 Å². The molecule has 0 heterocycles. The molecule has 306 valence electrons. The molecule has 0 aromatic heterocycles. The summed E-state index contributed by atoms with van der Waals surface area (Å²) >= 11 is 0. The lowest BCUT2D eigenvalue weighted by atomic mass is 10.0. The van der Waals surface area contributed by atoms with Gasteiger partial charge in [0.25, 0.3) is 0 Å². The van der Waals surface area contributed by atoms with Gasteiger partial charge in [0, 0.05) is 12.8 Å². The average molecular weight is 770 g/mol. The summed E-state index contributed by atoms with van der Waals surface area (Å²) in [4.78, 5) is 45.8. The molecule has 0 spiro atoms. The number of carboxylic acid groups (broad SMARTS) is 1. The Morgan fingerprint density at radius 1 is 0.585 bits per heavy atom. The van der Waals surface area contributed by atoms with Crippen LogP contribution in [-0.2, 0) is 37.5 Å². The minimum atomic E-state index is -4.72. The molecular formula is C41H72NO10P. The number of hydrogen-bond acceptors (Lipinski definition) is 9. The van der Waals surface area contributed by atoms with E-state index in [1.807, 2.05) is 0 Å². The number of unbranched alkanes of at least 4 members (excludes halogenated alkanes) is 15. The zero-order valence-electron chi connectivity index (χ0n) is 32.8. The van der Waals surface area contributed by atoms with Crippen LogP contribution in [0.5, 0.6) is 0 Å². The highest BCUT2D eigenvalue weighted by Crippen LogP contribution is 2.43. The number of carboxylic acids is 1. The normalized spacial score (nSPS) is 14.3. The third-order valence-electron chi connectivity index (χ3n) is 8.31. The summed E-state index contributed by atoms with van der Waals surface area (Å²) in [7, 11) is -4.72. The van der Waals surface area contributed by atoms with Crippen LogP contribution in [0.4, 0.5) is 0 Å². The molecule has 0 aliphatic rings. The van der Waals surface area contributed by atoms with E-state index in [9.17, 15) is 23.8 Å². The van der Waals surface area contributed by atoms with E-state index in [2.05, 4.69) is 67.0 Å². The Hall–Kier alpha value is -2.56. The summed E-state index contributed by atoms with van der Waals surface area (Å²) in [6, 6.07) is -1.53. The third-order valence-corrected chi connectivity index (χ3v) is 9.26. The second-order valence-corrected chi connectivity index (χ2v) is 14.9. The molecule has 0 saturated carbocycles. The Morgan fingerprint density at radius 3 is 1.57 bits per heavy atom. The Morgan fingerprint density at radius 2 is 1.04 bits per heavy atom. The first-order chi connectivity index (χ1) is 25.6. The number of allylic oxidation sites excluding steroid dienone is 8. The zero-order chi connectivity index (χ0) is 39.3. The molecule has 11 nitrogen and oxygen atoms in total. The standard InChI is InChI=1S/C41H72NO10P/c1-3-5-7-9-11-13-15-17-18-19-20-21-23-25-27-29-31-33-40(44)52-37(35-50-53(47,48)51-36-38(42)41(45)46)34-49-39(43)32-30-28-26-24-22-16-14-12-10-8-6-4-2/h7,9,13,15,18-19,21,23,37-38H,3-6,8,10-12,14,16-17,20,22,24-36,42H2,1-2H3,(H,45,46)(H,47,48)/b9-7+,15-13+,19-18+,23-21+/t37-,38+/m1/s1. The number of carbonyl (C=O) groups is 3. The van der Waals surface area contributed by atoms with Gasteiger partial charge in [-0.25, -0.2) is 4.57 Å². The number of ether oxygens (including phenoxy) is 2. The van der Waals surface area contributed by atoms with Crippen LogP contribution < -0.4 is 5.73 Å². The maximum absolute atomic E-state index is 12.6. The lowest BCUT2D eigenvalue weighted by molar-refractivity contribution is -0.161. The molecule has 12 heteroatoms. The van der Waals surface area contributed by atoms with Crippen molar-refractivity contribution < 1.29 is 47.5 Å². The molecule has 53 heavy (non-hydrogen) atoms. The average Bonchev–Trinajstić information content (AvgIpc) is 3.13. The molecule has 0 saturated heterocycles. The fourth-order valence-electron chi connectivity index (χ4n) is 5.11. The van der Waals surface area contributed by atoms with Crippen LogP contribution in [0.1, 0.15) is 162 Å². The Balaban J connectivity index is 4.48. The Bertz CT molecular complexity index is 1090. The fourth-order valence-corrected chi connectivity index (χ4v) is 5.89. The van der Waals surface area contributed by atoms with Crippen LogP contribution in [0.25, 0.3) is 0 Å². The summed E-state index contributed by atoms with van der Waals surface area (Å²) in [5.41, 5.74) is 5.32. The lowest BCUT2D eigenvalue weighted by Gasteiger charge is -2.20. The van der Waals surface area contributed by atoms with Gasteiger partial charge in [-0.05, 0) is 51.4 Å². The summed E-state index contributed by atoms with van der Waals surface area (Å²) in [6.45, 7) is 2.68. The largest absolute Gasteiger partial charge is 0.480 e. The molecule has 0 fully saturated rings. The van der Waals surface area contributed by atoms with Gasteiger partial charge in [0.05, 0.1) is 13.2 Å². The van der Waals surface area contributed by atoms with Crippen LogP contribution in [0.3, 0.4) is 0 Å². The van der Waals surface area contributed by atoms with E-state index in [-0.39, 0.29) is 19.4 Å². The fraction of sp³-hybridized carbons (Fsp3) is 0.732. The van der Waals surface area contributed by atoms with Gasteiger partial charge >= 0.3 is 25.7 Å². The number of carbonyl (C=O) groups excluding carboxylic acids is 2. The maximum atomic E-state index is 12.6. The van der Waals surface area contributed by atoms with Crippen LogP contribution in [-0.4, -0.2) is 59.9 Å². The van der Waals surface area contributed by atoms with E-state index in [0.717, 1.165) is 64.2 Å². The molecule has 0 bridgehead atoms. The van der Waals surface area contributed by atoms with Crippen molar-refractivity contribution in [3.63, 3.8) is 0 Å². The first kappa shape index (κ1) is 50.4. The summed E-state index contributed by atoms with van der Waals surface area (Å²) in [5.74, 6) is -2.42. The highest BCUT2D eigenvalue weighted by atomic mass is 31.2. The van der Waals surface area contributed by atoms with Gasteiger partial charge < -0.3 is 25.2 Å². The lowest BCUT2D eigenvalue weighted by Crippen LogP contribution is -2.34. The van der Waals surface area contributed by atoms with Crippen LogP contribution in [0, 0.1) is 0 Å². The quantitative estimate of drug-likeness (QED) is 0.0238. The van der Waals surface area contributed by atoms with Gasteiger partial charge in [-0.3, -0.25) is 23.4 Å². The van der Waals surface area contributed by atoms with Crippen molar-refractivity contribution in [1.29, 1.82) is 0 Å². The second-order valence-electron chi connectivity index (χ2n) is 13.4. The van der Waals surface area contributed by atoms with E-state index in [4.69, 9.17) is 24.8 Å². The van der Waals surface area contributed by atoms with Gasteiger partial charge in [-0.1, -0.05) is 146 Å². The first-order valence-electron chi connectivity index (χ1n) is 20.2. The molecule has 0 aliphatic heterocycles. The summed E-state index contributed by atoms with van der Waals surface area (Å²) < 4.78 is 32.6. The number of hydrogen-bond donors (Lipinski definition) is 3. The molecule has 1 unspecified atom stereocenters. The van der Waals surface area contributed by atoms with Gasteiger partial charge in [-0.2, -0.15) is 0 Å². The van der Waals surface area contributed by atoms with Crippen LogP contribution >= 0.6 is 7.82 Å². The molecule has 0 rings (SSSR count). The minimum absolute atomic E-state index is 0.123. The highest BCUT2D eigenvalue weighted by Gasteiger charge is 2.28. The predicted molar refractivity (Wildman–Crippen MR) is 212 cm³/mol. The number of phosphoric acid groups is 1. The van der Waals surface area contributed by atoms with Crippen molar-refractivity contribution in [1.82, 2.24) is 0 Å². The smallest absolute Gasteiger partial charge is 0.472 e. The molecule has 3 atom stereocenters.